The number of nitrogens with zero attached hydrogens (tertiary/aromatic N) is 2. The number of carboxylic acids is 1. The smallest absolute Gasteiger partial charge is 0.321 e. The Morgan fingerprint density at radius 2 is 2.24 bits per heavy atom. The van der Waals surface area contributed by atoms with Crippen molar-refractivity contribution in [1.29, 1.82) is 0 Å². The van der Waals surface area contributed by atoms with Crippen LogP contribution in [-0.2, 0) is 16.1 Å². The summed E-state index contributed by atoms with van der Waals surface area (Å²) in [6, 6.07) is -1.18. The molecule has 0 aromatic carbocycles. The molecular formula is C9H19N3O4S. The van der Waals surface area contributed by atoms with Crippen LogP contribution in [0.2, 0.25) is 0 Å². The van der Waals surface area contributed by atoms with Crippen molar-refractivity contribution in [3.8, 4) is 0 Å². The highest BCUT2D eigenvalue weighted by Crippen LogP contribution is 2.30. The molecule has 8 heteroatoms. The minimum Gasteiger partial charge on any atom is -0.480 e. The van der Waals surface area contributed by atoms with Gasteiger partial charge in [0.25, 0.3) is 0 Å². The van der Waals surface area contributed by atoms with Gasteiger partial charge in [-0.2, -0.15) is 0 Å². The molecule has 1 fully saturated rings. The van der Waals surface area contributed by atoms with Gasteiger partial charge in [0.05, 0.1) is 6.54 Å². The maximum Gasteiger partial charge on any atom is 0.321 e. The molecule has 0 aromatic heterocycles. The normalized spacial score (nSPS) is 23.8. The Morgan fingerprint density at radius 3 is 2.59 bits per heavy atom. The van der Waals surface area contributed by atoms with Crippen molar-refractivity contribution in [2.24, 2.45) is 5.73 Å². The van der Waals surface area contributed by atoms with E-state index >= 15 is 0 Å². The van der Waals surface area contributed by atoms with E-state index in [0.717, 1.165) is 17.3 Å². The van der Waals surface area contributed by atoms with Gasteiger partial charge in [0.2, 0.25) is 11.3 Å². The van der Waals surface area contributed by atoms with Crippen LogP contribution in [0.15, 0.2) is 0 Å². The van der Waals surface area contributed by atoms with E-state index in [4.69, 9.17) is 10.8 Å². The molecule has 100 valence electrons. The number of hydrazine groups is 1. The van der Waals surface area contributed by atoms with Gasteiger partial charge in [-0.3, -0.25) is 9.35 Å². The third kappa shape index (κ3) is 3.46. The Morgan fingerprint density at radius 1 is 1.65 bits per heavy atom. The van der Waals surface area contributed by atoms with E-state index in [9.17, 15) is 13.6 Å². The van der Waals surface area contributed by atoms with Gasteiger partial charge < -0.3 is 10.8 Å². The van der Waals surface area contributed by atoms with E-state index in [1.54, 1.807) is 5.01 Å². The molecule has 2 unspecified atom stereocenters. The van der Waals surface area contributed by atoms with Crippen LogP contribution >= 0.6 is 0 Å². The maximum atomic E-state index is 11.3. The van der Waals surface area contributed by atoms with Crippen LogP contribution in [-0.4, -0.2) is 53.9 Å². The second-order valence-corrected chi connectivity index (χ2v) is 5.63. The first kappa shape index (κ1) is 14.5. The number of rotatable bonds is 5. The molecule has 1 saturated heterocycles. The zero-order valence-corrected chi connectivity index (χ0v) is 10.8. The average molecular weight is 265 g/mol. The molecule has 0 saturated carbocycles. The summed E-state index contributed by atoms with van der Waals surface area (Å²) in [7, 11) is 0. The van der Waals surface area contributed by atoms with Gasteiger partial charge in [-0.05, 0) is 26.7 Å². The summed E-state index contributed by atoms with van der Waals surface area (Å²) < 4.78 is 21.7. The maximum absolute atomic E-state index is 11.3. The molecule has 4 N–H and O–H groups in total. The monoisotopic (exact) mass is 265 g/mol. The number of aliphatic carboxylic acids is 1. The molecule has 1 rings (SSSR count). The van der Waals surface area contributed by atoms with Crippen LogP contribution in [0.4, 0.5) is 0 Å². The molecule has 1 aliphatic heterocycles. The van der Waals surface area contributed by atoms with Gasteiger partial charge in [0, 0.05) is 12.1 Å². The summed E-state index contributed by atoms with van der Waals surface area (Å²) in [5.41, 5.74) is 5.14. The van der Waals surface area contributed by atoms with Crippen LogP contribution in [0.5, 0.6) is 0 Å². The highest BCUT2D eigenvalue weighted by Gasteiger charge is 2.39. The highest BCUT2D eigenvalue weighted by atomic mass is 32.2. The molecule has 2 atom stereocenters. The SMILES string of the molecule is CC1(C)CCCN1N(CC(N)C(=O)O)S(=O)O. The summed E-state index contributed by atoms with van der Waals surface area (Å²) in [5.74, 6) is -1.18. The largest absolute Gasteiger partial charge is 0.480 e. The summed E-state index contributed by atoms with van der Waals surface area (Å²) >= 11 is -2.26. The molecule has 0 amide bonds. The lowest BCUT2D eigenvalue weighted by molar-refractivity contribution is -0.139. The molecular weight excluding hydrogens is 246 g/mol. The number of hydrogen-bond acceptors (Lipinski definition) is 4. The van der Waals surface area contributed by atoms with Crippen LogP contribution in [0.3, 0.4) is 0 Å². The topological polar surface area (TPSA) is 107 Å². The average Bonchev–Trinajstić information content (AvgIpc) is 2.53. The second kappa shape index (κ2) is 5.40. The molecule has 0 spiro atoms. The Labute approximate surface area is 103 Å². The van der Waals surface area contributed by atoms with E-state index in [-0.39, 0.29) is 12.1 Å². The Hall–Kier alpha value is -0.540. The van der Waals surface area contributed by atoms with E-state index in [0.29, 0.717) is 6.54 Å². The van der Waals surface area contributed by atoms with Gasteiger partial charge in [-0.25, -0.2) is 9.22 Å². The van der Waals surface area contributed by atoms with Crippen molar-refractivity contribution < 1.29 is 18.7 Å². The lowest BCUT2D eigenvalue weighted by Gasteiger charge is -2.38. The fourth-order valence-corrected chi connectivity index (χ4v) is 2.76. The van der Waals surface area contributed by atoms with E-state index in [1.165, 1.54) is 0 Å². The molecule has 0 aromatic rings. The first-order chi connectivity index (χ1) is 7.75. The van der Waals surface area contributed by atoms with E-state index in [1.807, 2.05) is 13.8 Å². The van der Waals surface area contributed by atoms with Crippen LogP contribution < -0.4 is 5.73 Å². The van der Waals surface area contributed by atoms with Crippen molar-refractivity contribution in [2.45, 2.75) is 38.3 Å². The van der Waals surface area contributed by atoms with Crippen LogP contribution in [0.25, 0.3) is 0 Å². The van der Waals surface area contributed by atoms with Crippen LogP contribution in [0, 0.1) is 0 Å². The molecule has 0 bridgehead atoms. The standard InChI is InChI=1S/C9H19N3O4S/c1-9(2)4-3-5-11(9)12(17(15)16)6-7(10)8(13)14/h7H,3-6,10H2,1-2H3,(H,13,14)(H,15,16). The third-order valence-electron chi connectivity index (χ3n) is 2.98. The first-order valence-corrected chi connectivity index (χ1v) is 6.46. The second-order valence-electron chi connectivity index (χ2n) is 4.75. The lowest BCUT2D eigenvalue weighted by atomic mass is 10.0. The van der Waals surface area contributed by atoms with Gasteiger partial charge in [-0.15, -0.1) is 4.41 Å². The summed E-state index contributed by atoms with van der Waals surface area (Å²) in [5, 5.41) is 10.5. The number of carbonyl (C=O) groups is 1. The molecule has 0 radical (unpaired) electrons. The summed E-state index contributed by atoms with van der Waals surface area (Å²) in [6.45, 7) is 4.35. The zero-order chi connectivity index (χ0) is 13.2. The molecule has 0 aliphatic carbocycles. The first-order valence-electron chi connectivity index (χ1n) is 5.40. The molecule has 1 aliphatic rings. The molecule has 17 heavy (non-hydrogen) atoms. The summed E-state index contributed by atoms with van der Waals surface area (Å²) in [4.78, 5) is 10.7. The molecule has 1 heterocycles. The minimum atomic E-state index is -2.26. The number of nitrogens with two attached hydrogens (primary N) is 1. The van der Waals surface area contributed by atoms with Crippen molar-refractivity contribution in [3.63, 3.8) is 0 Å². The van der Waals surface area contributed by atoms with Crippen LogP contribution in [0.1, 0.15) is 26.7 Å². The van der Waals surface area contributed by atoms with Crippen molar-refractivity contribution in [3.05, 3.63) is 0 Å². The molecule has 7 nitrogen and oxygen atoms in total. The van der Waals surface area contributed by atoms with Crippen molar-refractivity contribution in [2.75, 3.05) is 13.1 Å². The van der Waals surface area contributed by atoms with Crippen molar-refractivity contribution in [1.82, 2.24) is 9.42 Å². The van der Waals surface area contributed by atoms with Gasteiger partial charge >= 0.3 is 5.97 Å². The van der Waals surface area contributed by atoms with Crippen molar-refractivity contribution >= 4 is 17.2 Å². The quantitative estimate of drug-likeness (QED) is 0.585. The van der Waals surface area contributed by atoms with E-state index < -0.39 is 23.3 Å². The fraction of sp³-hybridized carbons (Fsp3) is 0.889. The Bertz CT molecular complexity index is 323. The third-order valence-corrected chi connectivity index (χ3v) is 3.68. The highest BCUT2D eigenvalue weighted by molar-refractivity contribution is 7.76. The van der Waals surface area contributed by atoms with Gasteiger partial charge in [-0.1, -0.05) is 0 Å². The van der Waals surface area contributed by atoms with Gasteiger partial charge in [0.1, 0.15) is 6.04 Å². The Balaban J connectivity index is 2.79. The van der Waals surface area contributed by atoms with Gasteiger partial charge in [0.15, 0.2) is 0 Å². The summed E-state index contributed by atoms with van der Waals surface area (Å²) in [6.07, 6.45) is 1.80. The minimum absolute atomic E-state index is 0.179. The Kier molecular flexibility index (Phi) is 4.62. The van der Waals surface area contributed by atoms with E-state index in [2.05, 4.69) is 0 Å². The zero-order valence-electron chi connectivity index (χ0n) is 10.00. The number of carboxylic acid groups (broad SMARTS) is 1. The lowest BCUT2D eigenvalue weighted by Crippen LogP contribution is -2.55. The fourth-order valence-electron chi connectivity index (χ4n) is 2.00. The number of hydrogen-bond donors (Lipinski definition) is 3. The predicted molar refractivity (Wildman–Crippen MR) is 63.1 cm³/mol. The predicted octanol–water partition coefficient (Wildman–Crippen LogP) is -0.374.